The number of nitrogens with one attached hydrogen (secondary N) is 1. The molecule has 118 valence electrons. The first-order chi connectivity index (χ1) is 10.6. The van der Waals surface area contributed by atoms with E-state index in [4.69, 9.17) is 0 Å². The molecule has 0 aliphatic rings. The predicted molar refractivity (Wildman–Crippen MR) is 92.0 cm³/mol. The van der Waals surface area contributed by atoms with Crippen molar-refractivity contribution in [2.24, 2.45) is 4.99 Å². The Labute approximate surface area is 135 Å². The number of halogens is 1. The summed E-state index contributed by atoms with van der Waals surface area (Å²) in [5.74, 6) is 1.07. The van der Waals surface area contributed by atoms with Crippen molar-refractivity contribution in [2.45, 2.75) is 19.4 Å². The lowest BCUT2D eigenvalue weighted by molar-refractivity contribution is 0.473. The first kappa shape index (κ1) is 16.5. The highest BCUT2D eigenvalue weighted by Crippen LogP contribution is 2.19. The van der Waals surface area contributed by atoms with Crippen molar-refractivity contribution in [1.82, 2.24) is 10.2 Å². The van der Waals surface area contributed by atoms with E-state index in [0.29, 0.717) is 12.5 Å². The van der Waals surface area contributed by atoms with E-state index < -0.39 is 0 Å². The molecule has 22 heavy (non-hydrogen) atoms. The van der Waals surface area contributed by atoms with Gasteiger partial charge in [0.2, 0.25) is 0 Å². The molecule has 0 spiro atoms. The number of rotatable bonds is 5. The van der Waals surface area contributed by atoms with Gasteiger partial charge in [-0.25, -0.2) is 4.39 Å². The average Bonchev–Trinajstić information content (AvgIpc) is 3.04. The third-order valence-electron chi connectivity index (χ3n) is 3.50. The van der Waals surface area contributed by atoms with Crippen molar-refractivity contribution in [3.8, 4) is 0 Å². The van der Waals surface area contributed by atoms with Gasteiger partial charge in [0.25, 0.3) is 0 Å². The molecular weight excluding hydrogens is 297 g/mol. The maximum Gasteiger partial charge on any atom is 0.193 e. The molecule has 0 aliphatic carbocycles. The summed E-state index contributed by atoms with van der Waals surface area (Å²) in [6, 6.07) is 10.8. The van der Waals surface area contributed by atoms with Crippen LogP contribution in [0.4, 0.5) is 4.39 Å². The van der Waals surface area contributed by atoms with Crippen LogP contribution in [0.5, 0.6) is 0 Å². The van der Waals surface area contributed by atoms with Crippen LogP contribution < -0.4 is 5.32 Å². The first-order valence-electron chi connectivity index (χ1n) is 7.29. The monoisotopic (exact) mass is 319 g/mol. The highest BCUT2D eigenvalue weighted by atomic mass is 32.1. The quantitative estimate of drug-likeness (QED) is 0.672. The molecule has 0 saturated carbocycles. The van der Waals surface area contributed by atoms with Crippen molar-refractivity contribution in [1.29, 1.82) is 0 Å². The Morgan fingerprint density at radius 3 is 2.64 bits per heavy atom. The summed E-state index contributed by atoms with van der Waals surface area (Å²) in [6.07, 6.45) is 0. The van der Waals surface area contributed by atoms with Crippen LogP contribution in [0.15, 0.2) is 46.8 Å². The van der Waals surface area contributed by atoms with E-state index in [-0.39, 0.29) is 5.82 Å². The number of nitrogens with zero attached hydrogens (tertiary/aromatic N) is 2. The molecule has 1 aromatic carbocycles. The summed E-state index contributed by atoms with van der Waals surface area (Å²) in [4.78, 5) is 7.72. The lowest BCUT2D eigenvalue weighted by Gasteiger charge is -2.23. The zero-order valence-electron chi connectivity index (χ0n) is 13.2. The van der Waals surface area contributed by atoms with E-state index in [1.165, 1.54) is 17.0 Å². The lowest BCUT2D eigenvalue weighted by atomic mass is 10.1. The maximum atomic E-state index is 12.9. The molecule has 0 aliphatic heterocycles. The third kappa shape index (κ3) is 4.56. The zero-order chi connectivity index (χ0) is 15.9. The van der Waals surface area contributed by atoms with Crippen molar-refractivity contribution < 1.29 is 4.39 Å². The summed E-state index contributed by atoms with van der Waals surface area (Å²) in [5.41, 5.74) is 1.05. The molecule has 0 bridgehead atoms. The molecule has 5 heteroatoms. The number of benzene rings is 1. The van der Waals surface area contributed by atoms with E-state index in [2.05, 4.69) is 34.7 Å². The van der Waals surface area contributed by atoms with Gasteiger partial charge in [0.05, 0.1) is 0 Å². The van der Waals surface area contributed by atoms with Gasteiger partial charge in [0.1, 0.15) is 5.82 Å². The fraction of sp³-hybridized carbons (Fsp3) is 0.353. The topological polar surface area (TPSA) is 27.6 Å². The molecule has 0 saturated heterocycles. The Hall–Kier alpha value is -1.88. The molecule has 2 rings (SSSR count). The zero-order valence-corrected chi connectivity index (χ0v) is 14.0. The number of hydrogen-bond acceptors (Lipinski definition) is 2. The van der Waals surface area contributed by atoms with Gasteiger partial charge in [-0.2, -0.15) is 0 Å². The molecule has 0 fully saturated rings. The second-order valence-electron chi connectivity index (χ2n) is 5.33. The molecule has 3 nitrogen and oxygen atoms in total. The van der Waals surface area contributed by atoms with Gasteiger partial charge in [0.15, 0.2) is 5.96 Å². The minimum absolute atomic E-state index is 0.210. The summed E-state index contributed by atoms with van der Waals surface area (Å²) in [5, 5.41) is 5.50. The SMILES string of the molecule is CN=C(NCC(C)c1cccs1)N(C)Cc1ccc(F)cc1. The second-order valence-corrected chi connectivity index (χ2v) is 6.31. The Morgan fingerprint density at radius 2 is 2.05 bits per heavy atom. The summed E-state index contributed by atoms with van der Waals surface area (Å²) >= 11 is 1.77. The minimum atomic E-state index is -0.210. The molecule has 0 amide bonds. The lowest BCUT2D eigenvalue weighted by Crippen LogP contribution is -2.39. The molecule has 2 aromatic rings. The molecule has 1 N–H and O–H groups in total. The summed E-state index contributed by atoms with van der Waals surface area (Å²) in [6.45, 7) is 3.72. The Bertz CT molecular complexity index is 593. The van der Waals surface area contributed by atoms with E-state index in [0.717, 1.165) is 18.1 Å². The average molecular weight is 319 g/mol. The van der Waals surface area contributed by atoms with Gasteiger partial charge >= 0.3 is 0 Å². The van der Waals surface area contributed by atoms with Crippen LogP contribution in [-0.2, 0) is 6.54 Å². The van der Waals surface area contributed by atoms with E-state index >= 15 is 0 Å². The van der Waals surface area contributed by atoms with Gasteiger partial charge in [-0.3, -0.25) is 4.99 Å². The molecule has 1 unspecified atom stereocenters. The van der Waals surface area contributed by atoms with Crippen LogP contribution >= 0.6 is 11.3 Å². The van der Waals surface area contributed by atoms with Crippen LogP contribution in [-0.4, -0.2) is 31.5 Å². The number of guanidine groups is 1. The fourth-order valence-corrected chi connectivity index (χ4v) is 3.03. The van der Waals surface area contributed by atoms with Crippen molar-refractivity contribution >= 4 is 17.3 Å². The normalized spacial score (nSPS) is 13.0. The van der Waals surface area contributed by atoms with Crippen LogP contribution in [0.3, 0.4) is 0 Å². The second kappa shape index (κ2) is 7.94. The molecule has 1 atom stereocenters. The Morgan fingerprint density at radius 1 is 1.32 bits per heavy atom. The molecule has 0 radical (unpaired) electrons. The highest BCUT2D eigenvalue weighted by Gasteiger charge is 2.10. The van der Waals surface area contributed by atoms with Crippen molar-refractivity contribution in [3.63, 3.8) is 0 Å². The minimum Gasteiger partial charge on any atom is -0.356 e. The Balaban J connectivity index is 1.89. The van der Waals surface area contributed by atoms with Gasteiger partial charge in [-0.05, 0) is 29.1 Å². The van der Waals surface area contributed by atoms with Crippen molar-refractivity contribution in [2.75, 3.05) is 20.6 Å². The van der Waals surface area contributed by atoms with Crippen LogP contribution in [0.2, 0.25) is 0 Å². The highest BCUT2D eigenvalue weighted by molar-refractivity contribution is 7.10. The Kier molecular flexibility index (Phi) is 5.95. The van der Waals surface area contributed by atoms with Gasteiger partial charge in [0, 0.05) is 38.0 Å². The van der Waals surface area contributed by atoms with Crippen molar-refractivity contribution in [3.05, 3.63) is 58.0 Å². The largest absolute Gasteiger partial charge is 0.356 e. The number of hydrogen-bond donors (Lipinski definition) is 1. The van der Waals surface area contributed by atoms with Crippen LogP contribution in [0.1, 0.15) is 23.3 Å². The van der Waals surface area contributed by atoms with Crippen LogP contribution in [0.25, 0.3) is 0 Å². The standard InChI is InChI=1S/C17H22FN3S/c1-13(16-5-4-10-22-16)11-20-17(19-2)21(3)12-14-6-8-15(18)9-7-14/h4-10,13H,11-12H2,1-3H3,(H,19,20). The van der Waals surface area contributed by atoms with E-state index in [1.54, 1.807) is 30.5 Å². The van der Waals surface area contributed by atoms with E-state index in [1.807, 2.05) is 11.9 Å². The molecular formula is C17H22FN3S. The maximum absolute atomic E-state index is 12.9. The number of thiophene rings is 1. The third-order valence-corrected chi connectivity index (χ3v) is 4.61. The van der Waals surface area contributed by atoms with Gasteiger partial charge in [-0.1, -0.05) is 25.1 Å². The van der Waals surface area contributed by atoms with Gasteiger partial charge < -0.3 is 10.2 Å². The predicted octanol–water partition coefficient (Wildman–Crippen LogP) is 3.70. The molecule has 1 aromatic heterocycles. The van der Waals surface area contributed by atoms with Gasteiger partial charge in [-0.15, -0.1) is 11.3 Å². The van der Waals surface area contributed by atoms with E-state index in [9.17, 15) is 4.39 Å². The fourth-order valence-electron chi connectivity index (χ4n) is 2.24. The number of aliphatic imine (C=N–C) groups is 1. The van der Waals surface area contributed by atoms with Crippen LogP contribution in [0, 0.1) is 5.82 Å². The summed E-state index contributed by atoms with van der Waals surface area (Å²) in [7, 11) is 3.76. The first-order valence-corrected chi connectivity index (χ1v) is 8.17. The molecule has 1 heterocycles. The summed E-state index contributed by atoms with van der Waals surface area (Å²) < 4.78 is 12.9. The smallest absolute Gasteiger partial charge is 0.193 e.